The van der Waals surface area contributed by atoms with E-state index >= 15 is 0 Å². The molecule has 0 fully saturated rings. The van der Waals surface area contributed by atoms with Crippen LogP contribution in [0.1, 0.15) is 27.7 Å². The van der Waals surface area contributed by atoms with E-state index in [0.29, 0.717) is 5.92 Å². The Hall–Kier alpha value is -0.520. The van der Waals surface area contributed by atoms with Gasteiger partial charge in [0, 0.05) is 0 Å². The molecule has 0 aromatic heterocycles. The third kappa shape index (κ3) is 18.5. The van der Waals surface area contributed by atoms with E-state index in [4.69, 9.17) is 0 Å². The summed E-state index contributed by atoms with van der Waals surface area (Å²) in [6, 6.07) is 0. The van der Waals surface area contributed by atoms with Crippen molar-refractivity contribution in [3.8, 4) is 0 Å². The summed E-state index contributed by atoms with van der Waals surface area (Å²) in [6.07, 6.45) is 1.75. The van der Waals surface area contributed by atoms with E-state index in [-0.39, 0.29) is 0 Å². The summed E-state index contributed by atoms with van der Waals surface area (Å²) in [5.74, 6) is 0.657. The number of allylic oxidation sites excluding steroid dienone is 2. The van der Waals surface area contributed by atoms with Crippen molar-refractivity contribution in [1.82, 2.24) is 0 Å². The lowest BCUT2D eigenvalue weighted by Gasteiger charge is -1.97. The summed E-state index contributed by atoms with van der Waals surface area (Å²) in [5.41, 5.74) is 1.26. The molecule has 0 rings (SSSR count). The molecule has 0 heterocycles. The van der Waals surface area contributed by atoms with E-state index in [1.807, 2.05) is 13.8 Å². The molecule has 9 heavy (non-hydrogen) atoms. The SMILES string of the molecule is C=C(C)C(C)C.C=CC. The number of hydrogen-bond donors (Lipinski definition) is 0. The van der Waals surface area contributed by atoms with Crippen molar-refractivity contribution in [3.63, 3.8) is 0 Å². The monoisotopic (exact) mass is 126 g/mol. The van der Waals surface area contributed by atoms with Crippen LogP contribution in [0.2, 0.25) is 0 Å². The van der Waals surface area contributed by atoms with Gasteiger partial charge in [0.05, 0.1) is 0 Å². The zero-order valence-electron chi connectivity index (χ0n) is 7.07. The first-order valence-corrected chi connectivity index (χ1v) is 3.28. The molecule has 0 aromatic carbocycles. The lowest BCUT2D eigenvalue weighted by molar-refractivity contribution is 0.773. The van der Waals surface area contributed by atoms with Crippen LogP contribution in [0.5, 0.6) is 0 Å². The van der Waals surface area contributed by atoms with E-state index in [1.54, 1.807) is 6.08 Å². The molecule has 54 valence electrons. The van der Waals surface area contributed by atoms with Crippen LogP contribution in [0.3, 0.4) is 0 Å². The summed E-state index contributed by atoms with van der Waals surface area (Å²) in [7, 11) is 0. The van der Waals surface area contributed by atoms with Crippen LogP contribution in [-0.4, -0.2) is 0 Å². The molecule has 0 heteroatoms. The van der Waals surface area contributed by atoms with Crippen molar-refractivity contribution in [2.45, 2.75) is 27.7 Å². The minimum Gasteiger partial charge on any atom is -0.103 e. The Morgan fingerprint density at radius 3 is 1.56 bits per heavy atom. The molecule has 0 aliphatic carbocycles. The van der Waals surface area contributed by atoms with Gasteiger partial charge in [-0.05, 0) is 19.8 Å². The van der Waals surface area contributed by atoms with Gasteiger partial charge in [-0.15, -0.1) is 6.58 Å². The van der Waals surface area contributed by atoms with Crippen molar-refractivity contribution in [1.29, 1.82) is 0 Å². The average Bonchev–Trinajstić information content (AvgIpc) is 1.68. The fourth-order valence-corrected chi connectivity index (χ4v) is 0. The summed E-state index contributed by atoms with van der Waals surface area (Å²) in [5, 5.41) is 0. The highest BCUT2D eigenvalue weighted by molar-refractivity contribution is 4.90. The standard InChI is InChI=1S/C6H12.C3H6/c1-5(2)6(3)4;1-3-2/h6H,1H2,2-4H3;3H,1H2,2H3. The van der Waals surface area contributed by atoms with Gasteiger partial charge in [-0.1, -0.05) is 32.1 Å². The molecule has 0 radical (unpaired) electrons. The molecule has 0 aromatic rings. The second-order valence-corrected chi connectivity index (χ2v) is 2.41. The van der Waals surface area contributed by atoms with Crippen LogP contribution >= 0.6 is 0 Å². The molecule has 0 unspecified atom stereocenters. The smallest absolute Gasteiger partial charge is 0.0266 e. The molecule has 0 saturated heterocycles. The zero-order chi connectivity index (χ0) is 7.86. The highest BCUT2D eigenvalue weighted by Crippen LogP contribution is 2.02. The Labute approximate surface area is 59.3 Å². The van der Waals surface area contributed by atoms with Gasteiger partial charge >= 0.3 is 0 Å². The van der Waals surface area contributed by atoms with E-state index in [0.717, 1.165) is 0 Å². The molecule has 0 nitrogen and oxygen atoms in total. The molecule has 0 N–H and O–H groups in total. The van der Waals surface area contributed by atoms with Gasteiger partial charge in [0.1, 0.15) is 0 Å². The molecule has 0 aliphatic rings. The summed E-state index contributed by atoms with van der Waals surface area (Å²) < 4.78 is 0. The second kappa shape index (κ2) is 7.48. The predicted molar refractivity (Wildman–Crippen MR) is 45.5 cm³/mol. The van der Waals surface area contributed by atoms with Crippen LogP contribution in [0, 0.1) is 5.92 Å². The highest BCUT2D eigenvalue weighted by atomic mass is 13.9. The Morgan fingerprint density at radius 1 is 1.44 bits per heavy atom. The third-order valence-corrected chi connectivity index (χ3v) is 0.986. The fourth-order valence-electron chi connectivity index (χ4n) is 0. The first-order chi connectivity index (χ1) is 4.06. The zero-order valence-corrected chi connectivity index (χ0v) is 7.07. The van der Waals surface area contributed by atoms with E-state index in [1.165, 1.54) is 5.57 Å². The lowest BCUT2D eigenvalue weighted by Crippen LogP contribution is -1.83. The van der Waals surface area contributed by atoms with Gasteiger partial charge in [-0.2, -0.15) is 0 Å². The van der Waals surface area contributed by atoms with E-state index < -0.39 is 0 Å². The Morgan fingerprint density at radius 2 is 1.56 bits per heavy atom. The maximum absolute atomic E-state index is 3.75. The van der Waals surface area contributed by atoms with Gasteiger partial charge in [0.15, 0.2) is 0 Å². The van der Waals surface area contributed by atoms with Crippen molar-refractivity contribution in [2.75, 3.05) is 0 Å². The minimum atomic E-state index is 0.657. The van der Waals surface area contributed by atoms with Gasteiger partial charge in [-0.25, -0.2) is 0 Å². The van der Waals surface area contributed by atoms with Crippen LogP contribution in [0.25, 0.3) is 0 Å². The normalized spacial score (nSPS) is 7.67. The molecule has 0 amide bonds. The van der Waals surface area contributed by atoms with Crippen LogP contribution in [-0.2, 0) is 0 Å². The maximum Gasteiger partial charge on any atom is -0.0266 e. The van der Waals surface area contributed by atoms with E-state index in [9.17, 15) is 0 Å². The summed E-state index contributed by atoms with van der Waals surface area (Å²) in [6.45, 7) is 15.3. The Balaban J connectivity index is 0. The quantitative estimate of drug-likeness (QED) is 0.472. The van der Waals surface area contributed by atoms with E-state index in [2.05, 4.69) is 27.0 Å². The minimum absolute atomic E-state index is 0.657. The summed E-state index contributed by atoms with van der Waals surface area (Å²) in [4.78, 5) is 0. The lowest BCUT2D eigenvalue weighted by atomic mass is 10.1. The van der Waals surface area contributed by atoms with Gasteiger partial charge in [-0.3, -0.25) is 0 Å². The first kappa shape index (κ1) is 11.3. The molecular formula is C9H18. The Kier molecular flexibility index (Phi) is 9.39. The van der Waals surface area contributed by atoms with Crippen molar-refractivity contribution >= 4 is 0 Å². The van der Waals surface area contributed by atoms with Crippen LogP contribution < -0.4 is 0 Å². The van der Waals surface area contributed by atoms with Crippen LogP contribution in [0.15, 0.2) is 24.8 Å². The van der Waals surface area contributed by atoms with Crippen molar-refractivity contribution in [2.24, 2.45) is 5.92 Å². The highest BCUT2D eigenvalue weighted by Gasteiger charge is 1.87. The first-order valence-electron chi connectivity index (χ1n) is 3.28. The van der Waals surface area contributed by atoms with Crippen molar-refractivity contribution in [3.05, 3.63) is 24.8 Å². The predicted octanol–water partition coefficient (Wildman–Crippen LogP) is 3.41. The fraction of sp³-hybridized carbons (Fsp3) is 0.556. The Bertz CT molecular complexity index is 78.0. The van der Waals surface area contributed by atoms with Gasteiger partial charge in [0.25, 0.3) is 0 Å². The molecule has 0 saturated carbocycles. The summed E-state index contributed by atoms with van der Waals surface area (Å²) >= 11 is 0. The van der Waals surface area contributed by atoms with Gasteiger partial charge < -0.3 is 0 Å². The number of rotatable bonds is 1. The molecule has 0 aliphatic heterocycles. The topological polar surface area (TPSA) is 0 Å². The molecular weight excluding hydrogens is 108 g/mol. The van der Waals surface area contributed by atoms with Crippen LogP contribution in [0.4, 0.5) is 0 Å². The van der Waals surface area contributed by atoms with Crippen molar-refractivity contribution < 1.29 is 0 Å². The molecule has 0 spiro atoms. The molecule has 0 atom stereocenters. The van der Waals surface area contributed by atoms with Gasteiger partial charge in [0.2, 0.25) is 0 Å². The molecule has 0 bridgehead atoms. The largest absolute Gasteiger partial charge is 0.103 e. The average molecular weight is 126 g/mol. The second-order valence-electron chi connectivity index (χ2n) is 2.41. The number of hydrogen-bond acceptors (Lipinski definition) is 0. The third-order valence-electron chi connectivity index (χ3n) is 0.986. The maximum atomic E-state index is 3.75.